The second-order valence-corrected chi connectivity index (χ2v) is 9.09. The number of hydrogen-bond donors (Lipinski definition) is 3. The van der Waals surface area contributed by atoms with Gasteiger partial charge in [-0.1, -0.05) is 18.6 Å². The molecule has 1 aliphatic heterocycles. The molecule has 1 heterocycles. The number of sulfonamides is 1. The van der Waals surface area contributed by atoms with Gasteiger partial charge in [0.25, 0.3) is 17.7 Å². The first-order chi connectivity index (χ1) is 15.3. The Labute approximate surface area is 185 Å². The van der Waals surface area contributed by atoms with Gasteiger partial charge in [0.2, 0.25) is 10.0 Å². The van der Waals surface area contributed by atoms with Crippen molar-refractivity contribution in [2.45, 2.75) is 24.2 Å². The fraction of sp³-hybridized carbons (Fsp3) is 0.286. The number of carbonyl (C=O) groups is 3. The zero-order chi connectivity index (χ0) is 23.1. The summed E-state index contributed by atoms with van der Waals surface area (Å²) in [6.45, 7) is 0.504. The normalized spacial score (nSPS) is 14.4. The predicted octanol–water partition coefficient (Wildman–Crippen LogP) is 1.19. The molecule has 0 atom stereocenters. The molecule has 1 fully saturated rings. The Balaban J connectivity index is 1.50. The van der Waals surface area contributed by atoms with Crippen molar-refractivity contribution in [3.05, 3.63) is 65.5 Å². The summed E-state index contributed by atoms with van der Waals surface area (Å²) in [6.07, 6.45) is 2.65. The van der Waals surface area contributed by atoms with Gasteiger partial charge in [0.1, 0.15) is 5.82 Å². The van der Waals surface area contributed by atoms with Crippen LogP contribution in [0.5, 0.6) is 0 Å². The van der Waals surface area contributed by atoms with E-state index in [0.717, 1.165) is 25.3 Å². The number of amides is 3. The van der Waals surface area contributed by atoms with E-state index in [2.05, 4.69) is 16.2 Å². The lowest BCUT2D eigenvalue weighted by Gasteiger charge is -2.25. The molecule has 2 aromatic rings. The van der Waals surface area contributed by atoms with E-state index in [1.165, 1.54) is 46.8 Å². The first-order valence-corrected chi connectivity index (χ1v) is 11.4. The van der Waals surface area contributed by atoms with Crippen LogP contribution < -0.4 is 16.2 Å². The standard InChI is InChI=1S/C21H23FN4O5S/c22-18-7-3-2-6-17(18)21(29)25-24-19(27)14-23-20(28)15-8-10-16(11-9-15)32(30,31)26-12-4-1-5-13-26/h2-3,6-11H,1,4-5,12-14H2,(H,23,28)(H,24,27)(H,25,29). The number of rotatable bonds is 6. The molecular formula is C21H23FN4O5S. The molecule has 0 unspecified atom stereocenters. The Hall–Kier alpha value is -3.31. The van der Waals surface area contributed by atoms with Crippen LogP contribution in [0.15, 0.2) is 53.4 Å². The number of hydrogen-bond acceptors (Lipinski definition) is 5. The zero-order valence-corrected chi connectivity index (χ0v) is 18.0. The maximum Gasteiger partial charge on any atom is 0.272 e. The van der Waals surface area contributed by atoms with Gasteiger partial charge in [-0.05, 0) is 49.2 Å². The Morgan fingerprint density at radius 2 is 1.53 bits per heavy atom. The second-order valence-electron chi connectivity index (χ2n) is 7.15. The number of hydrazine groups is 1. The lowest BCUT2D eigenvalue weighted by Crippen LogP contribution is -2.46. The van der Waals surface area contributed by atoms with E-state index in [1.807, 2.05) is 0 Å². The van der Waals surface area contributed by atoms with E-state index < -0.39 is 40.1 Å². The summed E-state index contributed by atoms with van der Waals surface area (Å²) >= 11 is 0. The Kier molecular flexibility index (Phi) is 7.54. The lowest BCUT2D eigenvalue weighted by molar-refractivity contribution is -0.120. The molecule has 1 saturated heterocycles. The third kappa shape index (κ3) is 5.68. The number of carbonyl (C=O) groups excluding carboxylic acids is 3. The van der Waals surface area contributed by atoms with Crippen LogP contribution in [0.4, 0.5) is 4.39 Å². The van der Waals surface area contributed by atoms with Crippen LogP contribution in [0.3, 0.4) is 0 Å². The molecular weight excluding hydrogens is 439 g/mol. The first kappa shape index (κ1) is 23.4. The highest BCUT2D eigenvalue weighted by Crippen LogP contribution is 2.20. The minimum Gasteiger partial charge on any atom is -0.343 e. The fourth-order valence-electron chi connectivity index (χ4n) is 3.18. The third-order valence-corrected chi connectivity index (χ3v) is 6.83. The van der Waals surface area contributed by atoms with Crippen LogP contribution in [0.25, 0.3) is 0 Å². The van der Waals surface area contributed by atoms with Gasteiger partial charge in [-0.15, -0.1) is 0 Å². The maximum absolute atomic E-state index is 13.5. The minimum atomic E-state index is -3.60. The van der Waals surface area contributed by atoms with E-state index in [1.54, 1.807) is 0 Å². The van der Waals surface area contributed by atoms with Gasteiger partial charge in [0, 0.05) is 18.7 Å². The molecule has 2 aromatic carbocycles. The van der Waals surface area contributed by atoms with Crippen LogP contribution in [-0.4, -0.2) is 50.1 Å². The van der Waals surface area contributed by atoms with Gasteiger partial charge < -0.3 is 5.32 Å². The minimum absolute atomic E-state index is 0.101. The third-order valence-electron chi connectivity index (χ3n) is 4.91. The number of benzene rings is 2. The topological polar surface area (TPSA) is 125 Å². The summed E-state index contributed by atoms with van der Waals surface area (Å²) in [5.74, 6) is -2.90. The van der Waals surface area contributed by atoms with Crippen molar-refractivity contribution in [2.24, 2.45) is 0 Å². The summed E-state index contributed by atoms with van der Waals surface area (Å²) in [5, 5.41) is 2.36. The molecule has 0 aliphatic carbocycles. The average Bonchev–Trinajstić information content (AvgIpc) is 2.82. The van der Waals surface area contributed by atoms with Crippen LogP contribution in [0.2, 0.25) is 0 Å². The summed E-state index contributed by atoms with van der Waals surface area (Å²) in [4.78, 5) is 36.0. The molecule has 0 spiro atoms. The van der Waals surface area contributed by atoms with E-state index in [9.17, 15) is 27.2 Å². The Bertz CT molecular complexity index is 1100. The number of halogens is 1. The van der Waals surface area contributed by atoms with E-state index in [0.29, 0.717) is 13.1 Å². The van der Waals surface area contributed by atoms with Crippen molar-refractivity contribution in [3.8, 4) is 0 Å². The van der Waals surface area contributed by atoms with Crippen LogP contribution in [-0.2, 0) is 14.8 Å². The lowest BCUT2D eigenvalue weighted by atomic mass is 10.2. The quantitative estimate of drug-likeness (QED) is 0.557. The highest BCUT2D eigenvalue weighted by molar-refractivity contribution is 7.89. The number of nitrogens with zero attached hydrogens (tertiary/aromatic N) is 1. The maximum atomic E-state index is 13.5. The Morgan fingerprint density at radius 1 is 0.875 bits per heavy atom. The molecule has 0 bridgehead atoms. The van der Waals surface area contributed by atoms with Gasteiger partial charge in [0.15, 0.2) is 0 Å². The highest BCUT2D eigenvalue weighted by atomic mass is 32.2. The van der Waals surface area contributed by atoms with Gasteiger partial charge in [-0.2, -0.15) is 4.31 Å². The predicted molar refractivity (Wildman–Crippen MR) is 113 cm³/mol. The first-order valence-electron chi connectivity index (χ1n) is 10.0. The second kappa shape index (κ2) is 10.3. The largest absolute Gasteiger partial charge is 0.343 e. The van der Waals surface area contributed by atoms with Crippen molar-refractivity contribution >= 4 is 27.7 Å². The summed E-state index contributed by atoms with van der Waals surface area (Å²) < 4.78 is 40.3. The SMILES string of the molecule is O=C(CNC(=O)c1ccc(S(=O)(=O)N2CCCCC2)cc1)NNC(=O)c1ccccc1F. The molecule has 3 rings (SSSR count). The number of piperidine rings is 1. The molecule has 1 aliphatic rings. The van der Waals surface area contributed by atoms with Crippen molar-refractivity contribution < 1.29 is 27.2 Å². The molecule has 170 valence electrons. The smallest absolute Gasteiger partial charge is 0.272 e. The molecule has 0 radical (unpaired) electrons. The molecule has 9 nitrogen and oxygen atoms in total. The molecule has 32 heavy (non-hydrogen) atoms. The van der Waals surface area contributed by atoms with Crippen molar-refractivity contribution in [3.63, 3.8) is 0 Å². The van der Waals surface area contributed by atoms with Gasteiger partial charge in [-0.25, -0.2) is 12.8 Å². The molecule has 11 heteroatoms. The zero-order valence-electron chi connectivity index (χ0n) is 17.1. The molecule has 3 N–H and O–H groups in total. The molecule has 0 saturated carbocycles. The van der Waals surface area contributed by atoms with Crippen LogP contribution in [0.1, 0.15) is 40.0 Å². The summed E-state index contributed by atoms with van der Waals surface area (Å²) in [6, 6.07) is 10.7. The fourth-order valence-corrected chi connectivity index (χ4v) is 4.70. The molecule has 3 amide bonds. The van der Waals surface area contributed by atoms with E-state index >= 15 is 0 Å². The summed E-state index contributed by atoms with van der Waals surface area (Å²) in [5.41, 5.74) is 4.07. The average molecular weight is 463 g/mol. The van der Waals surface area contributed by atoms with Gasteiger partial charge >= 0.3 is 0 Å². The monoisotopic (exact) mass is 462 g/mol. The van der Waals surface area contributed by atoms with Crippen LogP contribution >= 0.6 is 0 Å². The molecule has 0 aromatic heterocycles. The van der Waals surface area contributed by atoms with Gasteiger partial charge in [0.05, 0.1) is 17.0 Å². The van der Waals surface area contributed by atoms with E-state index in [-0.39, 0.29) is 16.0 Å². The van der Waals surface area contributed by atoms with E-state index in [4.69, 9.17) is 0 Å². The summed E-state index contributed by atoms with van der Waals surface area (Å²) in [7, 11) is -3.60. The van der Waals surface area contributed by atoms with Crippen molar-refractivity contribution in [2.75, 3.05) is 19.6 Å². The van der Waals surface area contributed by atoms with Gasteiger partial charge in [-0.3, -0.25) is 25.2 Å². The van der Waals surface area contributed by atoms with Crippen molar-refractivity contribution in [1.82, 2.24) is 20.5 Å². The number of nitrogens with one attached hydrogen (secondary N) is 3. The van der Waals surface area contributed by atoms with Crippen molar-refractivity contribution in [1.29, 1.82) is 0 Å². The Morgan fingerprint density at radius 3 is 2.19 bits per heavy atom. The van der Waals surface area contributed by atoms with Crippen LogP contribution in [0, 0.1) is 5.82 Å². The highest BCUT2D eigenvalue weighted by Gasteiger charge is 2.26.